The number of hydrogen-bond acceptors (Lipinski definition) is 4. The van der Waals surface area contributed by atoms with Crippen LogP contribution < -0.4 is 10.1 Å². The van der Waals surface area contributed by atoms with Crippen LogP contribution in [0.3, 0.4) is 0 Å². The Morgan fingerprint density at radius 3 is 3.06 bits per heavy atom. The Kier molecular flexibility index (Phi) is 3.86. The standard InChI is InChI=1S/C12H12BrNO4/c1-17-11(15)5-4-10-12(16)14-8-6-7(13)2-3-9(8)18-10/h2-3,6,10H,4-5H2,1H3,(H,14,16)/t10-/m0/s1. The van der Waals surface area contributed by atoms with Gasteiger partial charge in [-0.25, -0.2) is 0 Å². The molecule has 1 N–H and O–H groups in total. The second-order valence-electron chi connectivity index (χ2n) is 3.85. The number of hydrogen-bond donors (Lipinski definition) is 1. The van der Waals surface area contributed by atoms with Crippen LogP contribution in [-0.4, -0.2) is 25.1 Å². The topological polar surface area (TPSA) is 64.6 Å². The maximum absolute atomic E-state index is 11.8. The van der Waals surface area contributed by atoms with Crippen LogP contribution in [0.25, 0.3) is 0 Å². The minimum absolute atomic E-state index is 0.153. The fraction of sp³-hybridized carbons (Fsp3) is 0.333. The highest BCUT2D eigenvalue weighted by Gasteiger charge is 2.28. The predicted octanol–water partition coefficient (Wildman–Crippen LogP) is 2.10. The number of halogens is 1. The van der Waals surface area contributed by atoms with Crippen molar-refractivity contribution in [2.45, 2.75) is 18.9 Å². The summed E-state index contributed by atoms with van der Waals surface area (Å²) >= 11 is 3.32. The maximum atomic E-state index is 11.8. The molecule has 5 nitrogen and oxygen atoms in total. The van der Waals surface area contributed by atoms with Crippen LogP contribution in [0.2, 0.25) is 0 Å². The summed E-state index contributed by atoms with van der Waals surface area (Å²) in [5, 5.41) is 2.75. The quantitative estimate of drug-likeness (QED) is 0.868. The molecule has 1 aliphatic rings. The van der Waals surface area contributed by atoms with Crippen LogP contribution >= 0.6 is 15.9 Å². The first-order valence-corrected chi connectivity index (χ1v) is 6.23. The van der Waals surface area contributed by atoms with Gasteiger partial charge in [0.05, 0.1) is 12.8 Å². The van der Waals surface area contributed by atoms with Gasteiger partial charge in [-0.1, -0.05) is 15.9 Å². The van der Waals surface area contributed by atoms with Crippen molar-refractivity contribution in [2.75, 3.05) is 12.4 Å². The van der Waals surface area contributed by atoms with Gasteiger partial charge in [0.2, 0.25) is 0 Å². The Morgan fingerprint density at radius 2 is 2.33 bits per heavy atom. The van der Waals surface area contributed by atoms with Gasteiger partial charge < -0.3 is 14.8 Å². The highest BCUT2D eigenvalue weighted by Crippen LogP contribution is 2.32. The molecule has 1 aromatic rings. The van der Waals surface area contributed by atoms with Gasteiger partial charge >= 0.3 is 5.97 Å². The summed E-state index contributed by atoms with van der Waals surface area (Å²) in [6.45, 7) is 0. The molecule has 6 heteroatoms. The van der Waals surface area contributed by atoms with Crippen LogP contribution in [-0.2, 0) is 14.3 Å². The van der Waals surface area contributed by atoms with E-state index < -0.39 is 6.10 Å². The Labute approximate surface area is 113 Å². The number of fused-ring (bicyclic) bond motifs is 1. The SMILES string of the molecule is COC(=O)CC[C@@H]1Oc2ccc(Br)cc2NC1=O. The molecule has 0 saturated heterocycles. The van der Waals surface area contributed by atoms with Gasteiger partial charge in [-0.3, -0.25) is 9.59 Å². The van der Waals surface area contributed by atoms with E-state index in [1.54, 1.807) is 12.1 Å². The number of ether oxygens (including phenoxy) is 2. The van der Waals surface area contributed by atoms with Crippen LogP contribution in [0.5, 0.6) is 5.75 Å². The molecule has 0 unspecified atom stereocenters. The molecule has 18 heavy (non-hydrogen) atoms. The zero-order valence-electron chi connectivity index (χ0n) is 9.73. The van der Waals surface area contributed by atoms with Gasteiger partial charge in [0.15, 0.2) is 6.10 Å². The normalized spacial score (nSPS) is 17.4. The molecule has 0 aliphatic carbocycles. The van der Waals surface area contributed by atoms with Crippen molar-refractivity contribution in [3.8, 4) is 5.75 Å². The van der Waals surface area contributed by atoms with Crippen molar-refractivity contribution in [3.63, 3.8) is 0 Å². The zero-order valence-corrected chi connectivity index (χ0v) is 11.3. The molecular weight excluding hydrogens is 302 g/mol. The van der Waals surface area contributed by atoms with Gasteiger partial charge in [-0.2, -0.15) is 0 Å². The summed E-state index contributed by atoms with van der Waals surface area (Å²) < 4.78 is 10.9. The highest BCUT2D eigenvalue weighted by atomic mass is 79.9. The highest BCUT2D eigenvalue weighted by molar-refractivity contribution is 9.10. The lowest BCUT2D eigenvalue weighted by molar-refractivity contribution is -0.141. The van der Waals surface area contributed by atoms with E-state index in [9.17, 15) is 9.59 Å². The summed E-state index contributed by atoms with van der Waals surface area (Å²) in [5.41, 5.74) is 0.628. The predicted molar refractivity (Wildman–Crippen MR) is 68.4 cm³/mol. The number of rotatable bonds is 3. The molecule has 0 aromatic heterocycles. The molecule has 0 radical (unpaired) electrons. The summed E-state index contributed by atoms with van der Waals surface area (Å²) in [5.74, 6) is 0.00479. The van der Waals surface area contributed by atoms with Crippen LogP contribution in [0.4, 0.5) is 5.69 Å². The third kappa shape index (κ3) is 2.81. The number of methoxy groups -OCH3 is 1. The second-order valence-corrected chi connectivity index (χ2v) is 4.77. The lowest BCUT2D eigenvalue weighted by atomic mass is 10.1. The van der Waals surface area contributed by atoms with Crippen LogP contribution in [0.15, 0.2) is 22.7 Å². The van der Waals surface area contributed by atoms with E-state index in [0.717, 1.165) is 4.47 Å². The number of carbonyl (C=O) groups excluding carboxylic acids is 2. The molecule has 1 aliphatic heterocycles. The fourth-order valence-corrected chi connectivity index (χ4v) is 2.02. The summed E-state index contributed by atoms with van der Waals surface area (Å²) in [6.07, 6.45) is -0.202. The van der Waals surface area contributed by atoms with E-state index in [1.165, 1.54) is 7.11 Å². The number of amides is 1. The fourth-order valence-electron chi connectivity index (χ4n) is 1.66. The first-order chi connectivity index (χ1) is 8.60. The Bertz CT molecular complexity index is 489. The lowest BCUT2D eigenvalue weighted by Gasteiger charge is -2.25. The molecule has 1 heterocycles. The number of benzene rings is 1. The first-order valence-electron chi connectivity index (χ1n) is 5.44. The maximum Gasteiger partial charge on any atom is 0.305 e. The number of carbonyl (C=O) groups is 2. The molecule has 0 spiro atoms. The Balaban J connectivity index is 2.06. The lowest BCUT2D eigenvalue weighted by Crippen LogP contribution is -2.37. The van der Waals surface area contributed by atoms with Gasteiger partial charge in [-0.15, -0.1) is 0 Å². The molecule has 0 bridgehead atoms. The van der Waals surface area contributed by atoms with Gasteiger partial charge in [0.25, 0.3) is 5.91 Å². The Morgan fingerprint density at radius 1 is 1.56 bits per heavy atom. The minimum Gasteiger partial charge on any atom is -0.478 e. The van der Waals surface area contributed by atoms with Gasteiger partial charge in [0.1, 0.15) is 5.75 Å². The van der Waals surface area contributed by atoms with Crippen LogP contribution in [0, 0.1) is 0 Å². The second kappa shape index (κ2) is 5.39. The molecule has 96 valence electrons. The third-order valence-corrected chi connectivity index (χ3v) is 3.09. The smallest absolute Gasteiger partial charge is 0.305 e. The van der Waals surface area contributed by atoms with Crippen molar-refractivity contribution >= 4 is 33.5 Å². The van der Waals surface area contributed by atoms with Gasteiger partial charge in [0, 0.05) is 17.3 Å². The summed E-state index contributed by atoms with van der Waals surface area (Å²) in [6, 6.07) is 5.36. The van der Waals surface area contributed by atoms with Crippen molar-refractivity contribution < 1.29 is 19.1 Å². The molecule has 1 atom stereocenters. The first kappa shape index (κ1) is 12.9. The summed E-state index contributed by atoms with van der Waals surface area (Å²) in [4.78, 5) is 22.8. The van der Waals surface area contributed by atoms with Crippen molar-refractivity contribution in [1.82, 2.24) is 0 Å². The Hall–Kier alpha value is -1.56. The van der Waals surface area contributed by atoms with Crippen LogP contribution in [0.1, 0.15) is 12.8 Å². The van der Waals surface area contributed by atoms with E-state index in [1.807, 2.05) is 6.07 Å². The summed E-state index contributed by atoms with van der Waals surface area (Å²) in [7, 11) is 1.32. The number of anilines is 1. The number of esters is 1. The molecule has 0 saturated carbocycles. The van der Waals surface area contributed by atoms with E-state index in [-0.39, 0.29) is 18.3 Å². The average Bonchev–Trinajstić information content (AvgIpc) is 2.35. The third-order valence-electron chi connectivity index (χ3n) is 2.60. The monoisotopic (exact) mass is 313 g/mol. The molecule has 2 rings (SSSR count). The van der Waals surface area contributed by atoms with E-state index in [4.69, 9.17) is 4.74 Å². The van der Waals surface area contributed by atoms with E-state index >= 15 is 0 Å². The molecule has 0 fully saturated rings. The minimum atomic E-state index is -0.655. The molecular formula is C12H12BrNO4. The van der Waals surface area contributed by atoms with E-state index in [0.29, 0.717) is 17.9 Å². The number of nitrogens with one attached hydrogen (secondary N) is 1. The largest absolute Gasteiger partial charge is 0.478 e. The van der Waals surface area contributed by atoms with Gasteiger partial charge in [-0.05, 0) is 18.2 Å². The van der Waals surface area contributed by atoms with Crippen molar-refractivity contribution in [1.29, 1.82) is 0 Å². The van der Waals surface area contributed by atoms with E-state index in [2.05, 4.69) is 26.0 Å². The van der Waals surface area contributed by atoms with Crippen molar-refractivity contribution in [2.24, 2.45) is 0 Å². The zero-order chi connectivity index (χ0) is 13.1. The van der Waals surface area contributed by atoms with Crippen molar-refractivity contribution in [3.05, 3.63) is 22.7 Å². The average molecular weight is 314 g/mol. The molecule has 1 aromatic carbocycles. The molecule has 1 amide bonds.